The van der Waals surface area contributed by atoms with E-state index < -0.39 is 20.0 Å². The van der Waals surface area contributed by atoms with Gasteiger partial charge in [-0.3, -0.25) is 4.79 Å². The van der Waals surface area contributed by atoms with Crippen molar-refractivity contribution in [3.63, 3.8) is 0 Å². The Morgan fingerprint density at radius 2 is 1.50 bits per heavy atom. The van der Waals surface area contributed by atoms with Crippen molar-refractivity contribution in [3.05, 3.63) is 0 Å². The fourth-order valence-corrected chi connectivity index (χ4v) is 11.3. The molecule has 0 aromatic rings. The molecule has 0 spiro atoms. The van der Waals surface area contributed by atoms with Crippen LogP contribution < -0.4 is 5.32 Å². The minimum atomic E-state index is -1.90. The number of nitrogens with one attached hydrogen (secondary N) is 1. The van der Waals surface area contributed by atoms with Gasteiger partial charge in [-0.1, -0.05) is 57.5 Å². The zero-order chi connectivity index (χ0) is 24.7. The van der Waals surface area contributed by atoms with E-state index >= 15 is 0 Å². The Morgan fingerprint density at radius 1 is 1.00 bits per heavy atom. The molecule has 0 unspecified atom stereocenters. The minimum absolute atomic E-state index is 0.0654. The predicted molar refractivity (Wildman–Crippen MR) is 138 cm³/mol. The molecule has 2 amide bonds. The van der Waals surface area contributed by atoms with Crippen LogP contribution >= 0.6 is 15.9 Å². The van der Waals surface area contributed by atoms with Crippen LogP contribution in [-0.4, -0.2) is 61.4 Å². The van der Waals surface area contributed by atoms with E-state index in [0.717, 1.165) is 25.7 Å². The van der Waals surface area contributed by atoms with Crippen molar-refractivity contribution in [1.29, 1.82) is 0 Å². The molecule has 6 nitrogen and oxygen atoms in total. The Labute approximate surface area is 205 Å². The molecule has 1 aliphatic rings. The summed E-state index contributed by atoms with van der Waals surface area (Å²) in [6.07, 6.45) is 3.68. The Kier molecular flexibility index (Phi) is 11.7. The Balaban J connectivity index is 2.71. The van der Waals surface area contributed by atoms with E-state index in [2.05, 4.69) is 62.8 Å². The number of halogens is 1. The van der Waals surface area contributed by atoms with Crippen LogP contribution in [0.25, 0.3) is 0 Å². The fourth-order valence-electron chi connectivity index (χ4n) is 5.35. The number of alkyl carbamates (subject to hydrolysis) is 1. The highest BCUT2D eigenvalue weighted by Gasteiger charge is 2.47. The first kappa shape index (κ1) is 29.4. The van der Waals surface area contributed by atoms with Gasteiger partial charge in [0.15, 0.2) is 0 Å². The lowest BCUT2D eigenvalue weighted by molar-refractivity contribution is -0.131. The summed E-state index contributed by atoms with van der Waals surface area (Å²) in [5.74, 6) is 0.0654. The van der Waals surface area contributed by atoms with Crippen LogP contribution in [0.15, 0.2) is 0 Å². The van der Waals surface area contributed by atoms with E-state index in [-0.39, 0.29) is 18.1 Å². The van der Waals surface area contributed by atoms with E-state index in [0.29, 0.717) is 35.0 Å². The highest BCUT2D eigenvalue weighted by molar-refractivity contribution is 9.09. The number of ether oxygens (including phenoxy) is 1. The molecule has 1 N–H and O–H groups in total. The van der Waals surface area contributed by atoms with Gasteiger partial charge < -0.3 is 19.4 Å². The van der Waals surface area contributed by atoms with Crippen molar-refractivity contribution in [2.75, 3.05) is 18.4 Å². The maximum Gasteiger partial charge on any atom is 0.407 e. The van der Waals surface area contributed by atoms with Crippen molar-refractivity contribution in [2.24, 2.45) is 0 Å². The summed E-state index contributed by atoms with van der Waals surface area (Å²) < 4.78 is 12.3. The quantitative estimate of drug-likeness (QED) is 0.266. The molecule has 0 aromatic heterocycles. The molecule has 0 aromatic carbocycles. The van der Waals surface area contributed by atoms with Gasteiger partial charge in [0.2, 0.25) is 14.2 Å². The minimum Gasteiger partial charge on any atom is -0.444 e. The third kappa shape index (κ3) is 8.31. The first-order valence-electron chi connectivity index (χ1n) is 12.2. The zero-order valence-electron chi connectivity index (χ0n) is 21.8. The number of alkyl halides is 1. The molecule has 32 heavy (non-hydrogen) atoms. The van der Waals surface area contributed by atoms with Crippen LogP contribution in [-0.2, 0) is 14.0 Å². The SMILES string of the molecule is CC(C)[Si](OC1CCC(N(CCNC(=O)OC(C)(C)C)C(=O)CBr)CC1)(C(C)C)C(C)C. The number of nitrogens with zero attached hydrogens (tertiary/aromatic N) is 1. The summed E-state index contributed by atoms with van der Waals surface area (Å²) in [6.45, 7) is 20.3. The number of hydrogen-bond acceptors (Lipinski definition) is 4. The predicted octanol–water partition coefficient (Wildman–Crippen LogP) is 6.24. The fraction of sp³-hybridized carbons (Fsp3) is 0.917. The largest absolute Gasteiger partial charge is 0.444 e. The summed E-state index contributed by atoms with van der Waals surface area (Å²) in [5, 5.41) is 3.07. The molecule has 1 saturated carbocycles. The normalized spacial score (nSPS) is 20.0. The smallest absolute Gasteiger partial charge is 0.407 e. The Bertz CT molecular complexity index is 578. The average Bonchev–Trinajstić information content (AvgIpc) is 2.67. The second kappa shape index (κ2) is 12.7. The van der Waals surface area contributed by atoms with E-state index in [9.17, 15) is 9.59 Å². The molecule has 0 saturated heterocycles. The molecule has 1 rings (SSSR count). The molecule has 8 heteroatoms. The van der Waals surface area contributed by atoms with Crippen molar-refractivity contribution >= 4 is 36.2 Å². The van der Waals surface area contributed by atoms with E-state index in [1.54, 1.807) is 0 Å². The number of amides is 2. The van der Waals surface area contributed by atoms with Crippen LogP contribution in [0.4, 0.5) is 4.79 Å². The van der Waals surface area contributed by atoms with E-state index in [4.69, 9.17) is 9.16 Å². The first-order valence-corrected chi connectivity index (χ1v) is 15.5. The van der Waals surface area contributed by atoms with Crippen molar-refractivity contribution < 1.29 is 18.8 Å². The molecule has 188 valence electrons. The van der Waals surface area contributed by atoms with Gasteiger partial charge in [-0.05, 0) is 63.1 Å². The second-order valence-corrected chi connectivity index (χ2v) is 17.0. The van der Waals surface area contributed by atoms with E-state index in [1.165, 1.54) is 0 Å². The Hall–Kier alpha value is -0.603. The molecule has 0 heterocycles. The third-order valence-electron chi connectivity index (χ3n) is 6.62. The summed E-state index contributed by atoms with van der Waals surface area (Å²) >= 11 is 3.32. The number of rotatable bonds is 10. The number of hydrogen-bond donors (Lipinski definition) is 1. The summed E-state index contributed by atoms with van der Waals surface area (Å²) in [5.41, 5.74) is 1.19. The van der Waals surface area contributed by atoms with Crippen LogP contribution in [0.1, 0.15) is 88.0 Å². The standard InChI is InChI=1S/C24H47BrN2O4Si/c1-17(2)32(18(3)4,19(5)6)31-21-12-10-20(11-13-21)27(22(28)16-25)15-14-26-23(29)30-24(7,8)9/h17-21H,10-16H2,1-9H3,(H,26,29). The van der Waals surface area contributed by atoms with E-state index in [1.807, 2.05) is 25.7 Å². The first-order chi connectivity index (χ1) is 14.7. The van der Waals surface area contributed by atoms with Gasteiger partial charge in [0.05, 0.1) is 5.33 Å². The van der Waals surface area contributed by atoms with Gasteiger partial charge in [-0.2, -0.15) is 0 Å². The highest BCUT2D eigenvalue weighted by Crippen LogP contribution is 2.44. The lowest BCUT2D eigenvalue weighted by atomic mass is 9.92. The summed E-state index contributed by atoms with van der Waals surface area (Å²) in [4.78, 5) is 26.5. The van der Waals surface area contributed by atoms with Gasteiger partial charge in [0.25, 0.3) is 0 Å². The van der Waals surface area contributed by atoms with Crippen LogP contribution in [0, 0.1) is 0 Å². The van der Waals surface area contributed by atoms with Gasteiger partial charge in [-0.25, -0.2) is 4.79 Å². The van der Waals surface area contributed by atoms with Gasteiger partial charge in [0.1, 0.15) is 5.60 Å². The van der Waals surface area contributed by atoms with Gasteiger partial charge in [-0.15, -0.1) is 0 Å². The molecular weight excluding hydrogens is 488 g/mol. The topological polar surface area (TPSA) is 67.9 Å². The number of carbonyl (C=O) groups excluding carboxylic acids is 2. The van der Waals surface area contributed by atoms with Crippen molar-refractivity contribution in [1.82, 2.24) is 10.2 Å². The lowest BCUT2D eigenvalue weighted by Gasteiger charge is -2.46. The molecule has 0 bridgehead atoms. The maximum atomic E-state index is 12.6. The van der Waals surface area contributed by atoms with Crippen LogP contribution in [0.3, 0.4) is 0 Å². The summed E-state index contributed by atoms with van der Waals surface area (Å²) in [7, 11) is -1.90. The maximum absolute atomic E-state index is 12.6. The number of carbonyl (C=O) groups is 2. The molecular formula is C24H47BrN2O4Si. The van der Waals surface area contributed by atoms with Crippen LogP contribution in [0.2, 0.25) is 16.6 Å². The van der Waals surface area contributed by atoms with Crippen molar-refractivity contribution in [2.45, 2.75) is 122 Å². The molecule has 0 aliphatic heterocycles. The lowest BCUT2D eigenvalue weighted by Crippen LogP contribution is -2.52. The second-order valence-electron chi connectivity index (χ2n) is 11.0. The molecule has 1 fully saturated rings. The zero-order valence-corrected chi connectivity index (χ0v) is 24.4. The third-order valence-corrected chi connectivity index (χ3v) is 13.3. The van der Waals surface area contributed by atoms with Crippen molar-refractivity contribution in [3.8, 4) is 0 Å². The van der Waals surface area contributed by atoms with Crippen LogP contribution in [0.5, 0.6) is 0 Å². The summed E-state index contributed by atoms with van der Waals surface area (Å²) in [6, 6.07) is 0.188. The molecule has 0 radical (unpaired) electrons. The van der Waals surface area contributed by atoms with Gasteiger partial charge >= 0.3 is 6.09 Å². The van der Waals surface area contributed by atoms with Gasteiger partial charge in [0, 0.05) is 25.2 Å². The average molecular weight is 536 g/mol. The molecule has 1 aliphatic carbocycles. The highest BCUT2D eigenvalue weighted by atomic mass is 79.9. The molecule has 0 atom stereocenters. The monoisotopic (exact) mass is 534 g/mol. The Morgan fingerprint density at radius 3 is 1.91 bits per heavy atom.